The van der Waals surface area contributed by atoms with Crippen LogP contribution in [0.25, 0.3) is 0 Å². The number of likely N-dealkylation sites (N-methyl/N-ethyl adjacent to an activating group) is 1. The van der Waals surface area contributed by atoms with Gasteiger partial charge in [-0.3, -0.25) is 4.79 Å². The first-order chi connectivity index (χ1) is 7.17. The van der Waals surface area contributed by atoms with Crippen LogP contribution in [0.1, 0.15) is 46.0 Å². The van der Waals surface area contributed by atoms with E-state index < -0.39 is 0 Å². The molecule has 0 saturated heterocycles. The van der Waals surface area contributed by atoms with E-state index in [9.17, 15) is 4.79 Å². The summed E-state index contributed by atoms with van der Waals surface area (Å²) >= 11 is 0. The molecule has 88 valence electrons. The van der Waals surface area contributed by atoms with Crippen LogP contribution in [-0.4, -0.2) is 25.0 Å². The summed E-state index contributed by atoms with van der Waals surface area (Å²) < 4.78 is 0. The molecule has 3 nitrogen and oxygen atoms in total. The zero-order valence-corrected chi connectivity index (χ0v) is 10.2. The second-order valence-corrected chi connectivity index (χ2v) is 4.64. The lowest BCUT2D eigenvalue weighted by Crippen LogP contribution is -2.47. The Morgan fingerprint density at radius 1 is 1.47 bits per heavy atom. The highest BCUT2D eigenvalue weighted by atomic mass is 16.2. The summed E-state index contributed by atoms with van der Waals surface area (Å²) in [4.78, 5) is 11.4. The minimum atomic E-state index is -0.0596. The smallest absolute Gasteiger partial charge is 0.236 e. The molecular weight excluding hydrogens is 188 g/mol. The number of carbonyl (C=O) groups excluding carboxylic acids is 1. The predicted molar refractivity (Wildman–Crippen MR) is 62.7 cm³/mol. The molecule has 3 heteroatoms. The van der Waals surface area contributed by atoms with Gasteiger partial charge < -0.3 is 10.6 Å². The standard InChI is InChI=1S/C12H24N2O/c1-4-10-6-5-7-11(8-10)14-9(2)12(15)13-3/h9-11,14H,4-8H2,1-3H3,(H,13,15)/t9-,10?,11?/m1/s1. The first kappa shape index (κ1) is 12.5. The molecule has 0 aromatic carbocycles. The van der Waals surface area contributed by atoms with Crippen molar-refractivity contribution < 1.29 is 4.79 Å². The van der Waals surface area contributed by atoms with Gasteiger partial charge in [0.25, 0.3) is 0 Å². The summed E-state index contributed by atoms with van der Waals surface area (Å²) in [5.41, 5.74) is 0. The number of amides is 1. The Kier molecular flexibility index (Phi) is 5.09. The maximum absolute atomic E-state index is 11.4. The van der Waals surface area contributed by atoms with E-state index in [4.69, 9.17) is 0 Å². The summed E-state index contributed by atoms with van der Waals surface area (Å²) in [7, 11) is 1.69. The van der Waals surface area contributed by atoms with Gasteiger partial charge in [0.2, 0.25) is 5.91 Å². The molecule has 0 spiro atoms. The fourth-order valence-electron chi connectivity index (χ4n) is 2.46. The number of nitrogens with one attached hydrogen (secondary N) is 2. The minimum absolute atomic E-state index is 0.0596. The van der Waals surface area contributed by atoms with Crippen LogP contribution in [0.4, 0.5) is 0 Å². The quantitative estimate of drug-likeness (QED) is 0.744. The number of rotatable bonds is 4. The average Bonchev–Trinajstić information content (AvgIpc) is 2.28. The fourth-order valence-corrected chi connectivity index (χ4v) is 2.46. The highest BCUT2D eigenvalue weighted by molar-refractivity contribution is 5.80. The van der Waals surface area contributed by atoms with Crippen LogP contribution in [0.5, 0.6) is 0 Å². The van der Waals surface area contributed by atoms with Crippen LogP contribution >= 0.6 is 0 Å². The van der Waals surface area contributed by atoms with E-state index in [1.807, 2.05) is 6.92 Å². The molecule has 1 aliphatic rings. The summed E-state index contributed by atoms with van der Waals surface area (Å²) in [6.07, 6.45) is 6.39. The van der Waals surface area contributed by atoms with Gasteiger partial charge >= 0.3 is 0 Å². The molecule has 1 saturated carbocycles. The number of hydrogen-bond acceptors (Lipinski definition) is 2. The SMILES string of the molecule is CCC1CCCC(N[C@H](C)C(=O)NC)C1. The van der Waals surface area contributed by atoms with Gasteiger partial charge in [-0.25, -0.2) is 0 Å². The molecular formula is C12H24N2O. The summed E-state index contributed by atoms with van der Waals surface area (Å²) in [6.45, 7) is 4.20. The van der Waals surface area contributed by atoms with Crippen molar-refractivity contribution in [2.45, 2.75) is 58.0 Å². The van der Waals surface area contributed by atoms with Crippen LogP contribution in [0.2, 0.25) is 0 Å². The first-order valence-corrected chi connectivity index (χ1v) is 6.15. The Morgan fingerprint density at radius 3 is 2.80 bits per heavy atom. The minimum Gasteiger partial charge on any atom is -0.358 e. The lowest BCUT2D eigenvalue weighted by Gasteiger charge is -2.31. The van der Waals surface area contributed by atoms with Gasteiger partial charge in [-0.1, -0.05) is 26.2 Å². The molecule has 2 unspecified atom stereocenters. The van der Waals surface area contributed by atoms with Crippen molar-refractivity contribution in [2.75, 3.05) is 7.05 Å². The third kappa shape index (κ3) is 3.82. The molecule has 0 radical (unpaired) electrons. The summed E-state index contributed by atoms with van der Waals surface area (Å²) in [5.74, 6) is 0.946. The van der Waals surface area contributed by atoms with E-state index >= 15 is 0 Å². The van der Waals surface area contributed by atoms with Crippen molar-refractivity contribution in [1.29, 1.82) is 0 Å². The van der Waals surface area contributed by atoms with Gasteiger partial charge in [-0.2, -0.15) is 0 Å². The molecule has 1 fully saturated rings. The molecule has 1 aliphatic carbocycles. The molecule has 15 heavy (non-hydrogen) atoms. The molecule has 0 aromatic heterocycles. The fraction of sp³-hybridized carbons (Fsp3) is 0.917. The molecule has 3 atom stereocenters. The topological polar surface area (TPSA) is 41.1 Å². The van der Waals surface area contributed by atoms with Gasteiger partial charge in [-0.15, -0.1) is 0 Å². The van der Waals surface area contributed by atoms with Crippen molar-refractivity contribution in [3.63, 3.8) is 0 Å². The second-order valence-electron chi connectivity index (χ2n) is 4.64. The maximum atomic E-state index is 11.4. The Balaban J connectivity index is 2.34. The van der Waals surface area contributed by atoms with E-state index in [-0.39, 0.29) is 11.9 Å². The lowest BCUT2D eigenvalue weighted by atomic mass is 9.84. The normalized spacial score (nSPS) is 28.5. The molecule has 1 amide bonds. The Bertz CT molecular complexity index is 206. The third-order valence-corrected chi connectivity index (χ3v) is 3.49. The highest BCUT2D eigenvalue weighted by Gasteiger charge is 2.23. The molecule has 0 bridgehead atoms. The number of hydrogen-bond donors (Lipinski definition) is 2. The van der Waals surface area contributed by atoms with Crippen LogP contribution in [-0.2, 0) is 4.79 Å². The average molecular weight is 212 g/mol. The molecule has 2 N–H and O–H groups in total. The second kappa shape index (κ2) is 6.11. The van der Waals surface area contributed by atoms with Gasteiger partial charge in [0.15, 0.2) is 0 Å². The van der Waals surface area contributed by atoms with Gasteiger partial charge in [-0.05, 0) is 25.7 Å². The summed E-state index contributed by atoms with van der Waals surface area (Å²) in [6, 6.07) is 0.478. The highest BCUT2D eigenvalue weighted by Crippen LogP contribution is 2.26. The van der Waals surface area contributed by atoms with Crippen molar-refractivity contribution >= 4 is 5.91 Å². The van der Waals surface area contributed by atoms with Gasteiger partial charge in [0.05, 0.1) is 6.04 Å². The summed E-state index contributed by atoms with van der Waals surface area (Å²) in [5, 5.41) is 6.10. The molecule has 1 rings (SSSR count). The van der Waals surface area contributed by atoms with E-state index in [0.29, 0.717) is 6.04 Å². The van der Waals surface area contributed by atoms with E-state index in [2.05, 4.69) is 17.6 Å². The maximum Gasteiger partial charge on any atom is 0.236 e. The Labute approximate surface area is 93.0 Å². The van der Waals surface area contributed by atoms with Crippen molar-refractivity contribution in [3.05, 3.63) is 0 Å². The van der Waals surface area contributed by atoms with Crippen LogP contribution in [0, 0.1) is 5.92 Å². The van der Waals surface area contributed by atoms with Crippen LogP contribution in [0.15, 0.2) is 0 Å². The molecule has 0 heterocycles. The first-order valence-electron chi connectivity index (χ1n) is 6.15. The van der Waals surface area contributed by atoms with Crippen molar-refractivity contribution in [2.24, 2.45) is 5.92 Å². The van der Waals surface area contributed by atoms with Crippen LogP contribution in [0.3, 0.4) is 0 Å². The van der Waals surface area contributed by atoms with E-state index in [1.165, 1.54) is 32.1 Å². The monoisotopic (exact) mass is 212 g/mol. The van der Waals surface area contributed by atoms with E-state index in [1.54, 1.807) is 7.05 Å². The van der Waals surface area contributed by atoms with Crippen molar-refractivity contribution in [3.8, 4) is 0 Å². The Morgan fingerprint density at radius 2 is 2.20 bits per heavy atom. The van der Waals surface area contributed by atoms with E-state index in [0.717, 1.165) is 5.92 Å². The number of carbonyl (C=O) groups is 1. The predicted octanol–water partition coefficient (Wildman–Crippen LogP) is 1.68. The zero-order valence-electron chi connectivity index (χ0n) is 10.2. The van der Waals surface area contributed by atoms with Gasteiger partial charge in [0.1, 0.15) is 0 Å². The third-order valence-electron chi connectivity index (χ3n) is 3.49. The Hall–Kier alpha value is -0.570. The molecule has 0 aromatic rings. The zero-order chi connectivity index (χ0) is 11.3. The largest absolute Gasteiger partial charge is 0.358 e. The van der Waals surface area contributed by atoms with Crippen LogP contribution < -0.4 is 10.6 Å². The van der Waals surface area contributed by atoms with Gasteiger partial charge in [0, 0.05) is 13.1 Å². The van der Waals surface area contributed by atoms with Crippen molar-refractivity contribution in [1.82, 2.24) is 10.6 Å². The lowest BCUT2D eigenvalue weighted by molar-refractivity contribution is -0.122. The molecule has 0 aliphatic heterocycles.